The van der Waals surface area contributed by atoms with Crippen molar-refractivity contribution in [2.24, 2.45) is 4.99 Å². The summed E-state index contributed by atoms with van der Waals surface area (Å²) in [4.78, 5) is 10.4. The molecule has 0 aliphatic heterocycles. The van der Waals surface area contributed by atoms with Crippen molar-refractivity contribution in [3.8, 4) is 0 Å². The first kappa shape index (κ1) is 15.4. The maximum atomic E-state index is 5.90. The lowest BCUT2D eigenvalue weighted by atomic mass is 10.2. The van der Waals surface area contributed by atoms with Crippen molar-refractivity contribution in [3.63, 3.8) is 0 Å². The fourth-order valence-corrected chi connectivity index (χ4v) is 2.17. The SMILES string of the molecule is CN=C(NCCn1ccnc1)N(C)Cc1ccc(Cl)cc1. The van der Waals surface area contributed by atoms with E-state index >= 15 is 0 Å². The van der Waals surface area contributed by atoms with E-state index in [0.29, 0.717) is 0 Å². The molecule has 0 saturated heterocycles. The molecule has 2 rings (SSSR count). The Morgan fingerprint density at radius 2 is 2.14 bits per heavy atom. The molecule has 0 spiro atoms. The quantitative estimate of drug-likeness (QED) is 0.681. The highest BCUT2D eigenvalue weighted by molar-refractivity contribution is 6.30. The van der Waals surface area contributed by atoms with E-state index in [4.69, 9.17) is 11.6 Å². The van der Waals surface area contributed by atoms with Crippen LogP contribution >= 0.6 is 11.6 Å². The van der Waals surface area contributed by atoms with Crippen LogP contribution in [0.2, 0.25) is 5.02 Å². The van der Waals surface area contributed by atoms with Gasteiger partial charge in [0.05, 0.1) is 6.33 Å². The Balaban J connectivity index is 1.83. The minimum absolute atomic E-state index is 0.754. The highest BCUT2D eigenvalue weighted by atomic mass is 35.5. The van der Waals surface area contributed by atoms with E-state index < -0.39 is 0 Å². The van der Waals surface area contributed by atoms with E-state index in [1.165, 1.54) is 5.56 Å². The number of nitrogens with zero attached hydrogens (tertiary/aromatic N) is 4. The van der Waals surface area contributed by atoms with Crippen molar-refractivity contribution in [1.82, 2.24) is 19.8 Å². The molecule has 5 nitrogen and oxygen atoms in total. The number of guanidine groups is 1. The number of benzene rings is 1. The van der Waals surface area contributed by atoms with Crippen molar-refractivity contribution in [3.05, 3.63) is 53.6 Å². The molecule has 0 radical (unpaired) electrons. The number of aliphatic imine (C=N–C) groups is 1. The highest BCUT2D eigenvalue weighted by Gasteiger charge is 2.06. The van der Waals surface area contributed by atoms with Gasteiger partial charge in [0.2, 0.25) is 0 Å². The smallest absolute Gasteiger partial charge is 0.193 e. The molecular weight excluding hydrogens is 286 g/mol. The van der Waals surface area contributed by atoms with E-state index in [1.54, 1.807) is 13.2 Å². The number of halogens is 1. The first-order valence-corrected chi connectivity index (χ1v) is 7.19. The molecular formula is C15H20ClN5. The Bertz CT molecular complexity index is 562. The van der Waals surface area contributed by atoms with Gasteiger partial charge in [0.25, 0.3) is 0 Å². The molecule has 0 atom stereocenters. The van der Waals surface area contributed by atoms with Gasteiger partial charge in [-0.15, -0.1) is 0 Å². The van der Waals surface area contributed by atoms with Crippen LogP contribution in [-0.2, 0) is 13.1 Å². The molecule has 0 bridgehead atoms. The summed E-state index contributed by atoms with van der Waals surface area (Å²) in [6.45, 7) is 2.43. The lowest BCUT2D eigenvalue weighted by molar-refractivity contribution is 0.473. The van der Waals surface area contributed by atoms with Crippen LogP contribution in [0.15, 0.2) is 48.0 Å². The molecule has 112 valence electrons. The van der Waals surface area contributed by atoms with Gasteiger partial charge in [0.15, 0.2) is 5.96 Å². The van der Waals surface area contributed by atoms with Crippen LogP contribution < -0.4 is 5.32 Å². The van der Waals surface area contributed by atoms with E-state index in [1.807, 2.05) is 48.4 Å². The van der Waals surface area contributed by atoms with Gasteiger partial charge in [-0.1, -0.05) is 23.7 Å². The molecule has 0 aliphatic rings. The fourth-order valence-electron chi connectivity index (χ4n) is 2.04. The van der Waals surface area contributed by atoms with Gasteiger partial charge in [-0.2, -0.15) is 0 Å². The van der Waals surface area contributed by atoms with E-state index in [9.17, 15) is 0 Å². The number of hydrogen-bond acceptors (Lipinski definition) is 2. The largest absolute Gasteiger partial charge is 0.354 e. The summed E-state index contributed by atoms with van der Waals surface area (Å²) in [6.07, 6.45) is 5.53. The molecule has 1 aromatic heterocycles. The molecule has 1 N–H and O–H groups in total. The molecule has 0 unspecified atom stereocenters. The van der Waals surface area contributed by atoms with E-state index in [0.717, 1.165) is 30.6 Å². The van der Waals surface area contributed by atoms with Crippen LogP contribution in [0.4, 0.5) is 0 Å². The third-order valence-electron chi connectivity index (χ3n) is 3.12. The zero-order valence-corrected chi connectivity index (χ0v) is 13.1. The molecule has 0 fully saturated rings. The lowest BCUT2D eigenvalue weighted by Gasteiger charge is -2.22. The monoisotopic (exact) mass is 305 g/mol. The third-order valence-corrected chi connectivity index (χ3v) is 3.37. The summed E-state index contributed by atoms with van der Waals surface area (Å²) in [6, 6.07) is 7.86. The molecule has 0 aliphatic carbocycles. The predicted octanol–water partition coefficient (Wildman–Crippen LogP) is 2.24. The molecule has 1 heterocycles. The first-order valence-electron chi connectivity index (χ1n) is 6.81. The Labute approximate surface area is 130 Å². The van der Waals surface area contributed by atoms with E-state index in [2.05, 4.69) is 20.2 Å². The van der Waals surface area contributed by atoms with Crippen molar-refractivity contribution in [2.45, 2.75) is 13.1 Å². The molecule has 6 heteroatoms. The molecule has 1 aromatic carbocycles. The van der Waals surface area contributed by atoms with Gasteiger partial charge in [-0.05, 0) is 17.7 Å². The predicted molar refractivity (Wildman–Crippen MR) is 86.5 cm³/mol. The Morgan fingerprint density at radius 1 is 1.38 bits per heavy atom. The Hall–Kier alpha value is -2.01. The van der Waals surface area contributed by atoms with Gasteiger partial charge in [-0.25, -0.2) is 4.98 Å². The average Bonchev–Trinajstić information content (AvgIpc) is 2.99. The normalized spacial score (nSPS) is 11.5. The summed E-state index contributed by atoms with van der Waals surface area (Å²) in [5.41, 5.74) is 1.19. The number of nitrogens with one attached hydrogen (secondary N) is 1. The molecule has 0 amide bonds. The zero-order valence-electron chi connectivity index (χ0n) is 12.3. The number of hydrogen-bond donors (Lipinski definition) is 1. The second-order valence-electron chi connectivity index (χ2n) is 4.76. The summed E-state index contributed by atoms with van der Waals surface area (Å²) in [5.74, 6) is 0.866. The highest BCUT2D eigenvalue weighted by Crippen LogP contribution is 2.10. The summed E-state index contributed by atoms with van der Waals surface area (Å²) < 4.78 is 2.03. The minimum Gasteiger partial charge on any atom is -0.354 e. The van der Waals surface area contributed by atoms with Crippen LogP contribution in [-0.4, -0.2) is 41.1 Å². The van der Waals surface area contributed by atoms with Crippen LogP contribution in [0.5, 0.6) is 0 Å². The minimum atomic E-state index is 0.754. The van der Waals surface area contributed by atoms with Gasteiger partial charge < -0.3 is 14.8 Å². The van der Waals surface area contributed by atoms with Crippen molar-refractivity contribution in [1.29, 1.82) is 0 Å². The topological polar surface area (TPSA) is 45.5 Å². The van der Waals surface area contributed by atoms with Gasteiger partial charge in [-0.3, -0.25) is 4.99 Å². The van der Waals surface area contributed by atoms with Crippen molar-refractivity contribution >= 4 is 17.6 Å². The zero-order chi connectivity index (χ0) is 15.1. The lowest BCUT2D eigenvalue weighted by Crippen LogP contribution is -2.39. The van der Waals surface area contributed by atoms with Crippen LogP contribution in [0.25, 0.3) is 0 Å². The average molecular weight is 306 g/mol. The second-order valence-corrected chi connectivity index (χ2v) is 5.19. The van der Waals surface area contributed by atoms with Gasteiger partial charge >= 0.3 is 0 Å². The standard InChI is InChI=1S/C15H20ClN5/c1-17-15(19-8-10-21-9-7-18-12-21)20(2)11-13-3-5-14(16)6-4-13/h3-7,9,12H,8,10-11H2,1-2H3,(H,17,19). The van der Waals surface area contributed by atoms with E-state index in [-0.39, 0.29) is 0 Å². The van der Waals surface area contributed by atoms with Crippen LogP contribution in [0, 0.1) is 0 Å². The maximum Gasteiger partial charge on any atom is 0.193 e. The molecule has 0 saturated carbocycles. The maximum absolute atomic E-state index is 5.90. The van der Waals surface area contributed by atoms with Crippen LogP contribution in [0.1, 0.15) is 5.56 Å². The Kier molecular flexibility index (Phi) is 5.63. The number of imidazole rings is 1. The summed E-state index contributed by atoms with van der Waals surface area (Å²) >= 11 is 5.90. The van der Waals surface area contributed by atoms with Gasteiger partial charge in [0, 0.05) is 51.1 Å². The Morgan fingerprint density at radius 3 is 2.76 bits per heavy atom. The summed E-state index contributed by atoms with van der Waals surface area (Å²) in [5, 5.41) is 4.09. The third kappa shape index (κ3) is 4.79. The first-order chi connectivity index (χ1) is 10.2. The molecule has 2 aromatic rings. The second kappa shape index (κ2) is 7.69. The number of rotatable bonds is 5. The van der Waals surface area contributed by atoms with Gasteiger partial charge in [0.1, 0.15) is 0 Å². The number of aromatic nitrogens is 2. The fraction of sp³-hybridized carbons (Fsp3) is 0.333. The summed E-state index contributed by atoms with van der Waals surface area (Å²) in [7, 11) is 3.80. The van der Waals surface area contributed by atoms with Crippen molar-refractivity contribution < 1.29 is 0 Å². The van der Waals surface area contributed by atoms with Crippen molar-refractivity contribution in [2.75, 3.05) is 20.6 Å². The van der Waals surface area contributed by atoms with Crippen LogP contribution in [0.3, 0.4) is 0 Å². The molecule has 21 heavy (non-hydrogen) atoms.